The van der Waals surface area contributed by atoms with E-state index in [9.17, 15) is 4.79 Å². The molecule has 2 amide bonds. The van der Waals surface area contributed by atoms with Gasteiger partial charge in [0.1, 0.15) is 11.9 Å². The zero-order valence-electron chi connectivity index (χ0n) is 8.79. The Kier molecular flexibility index (Phi) is 2.37. The highest BCUT2D eigenvalue weighted by atomic mass is 16.2. The maximum absolute atomic E-state index is 11.5. The number of terminal acetylenes is 1. The van der Waals surface area contributed by atoms with Gasteiger partial charge in [0, 0.05) is 18.8 Å². The number of carbonyl (C=O) groups is 1. The third-order valence-corrected chi connectivity index (χ3v) is 2.36. The van der Waals surface area contributed by atoms with Gasteiger partial charge in [-0.05, 0) is 0 Å². The topological polar surface area (TPSA) is 76.5 Å². The molecule has 1 aromatic rings. The van der Waals surface area contributed by atoms with Crippen LogP contribution >= 0.6 is 0 Å². The molecule has 0 saturated heterocycles. The van der Waals surface area contributed by atoms with E-state index in [4.69, 9.17) is 12.2 Å². The van der Waals surface area contributed by atoms with E-state index in [0.29, 0.717) is 0 Å². The van der Waals surface area contributed by atoms with Crippen LogP contribution in [0.3, 0.4) is 0 Å². The number of aromatic nitrogens is 2. The lowest BCUT2D eigenvalue weighted by molar-refractivity contribution is 0.213. The molecule has 2 rings (SSSR count). The van der Waals surface area contributed by atoms with Crippen molar-refractivity contribution in [2.45, 2.75) is 6.04 Å². The molecule has 0 bridgehead atoms. The van der Waals surface area contributed by atoms with Crippen LogP contribution < -0.4 is 5.73 Å². The highest BCUT2D eigenvalue weighted by molar-refractivity contribution is 6.03. The smallest absolute Gasteiger partial charge is 0.346 e. The molecule has 1 unspecified atom stereocenters. The molecule has 1 aromatic heterocycles. The Hall–Kier alpha value is -2.29. The average molecular weight is 217 g/mol. The average Bonchev–Trinajstić information content (AvgIpc) is 2.73. The molecule has 0 radical (unpaired) electrons. The Balaban J connectivity index is 2.35. The lowest BCUT2D eigenvalue weighted by Crippen LogP contribution is -2.33. The summed E-state index contributed by atoms with van der Waals surface area (Å²) in [6, 6.07) is -0.790. The van der Waals surface area contributed by atoms with Gasteiger partial charge in [-0.25, -0.2) is 4.79 Å². The van der Waals surface area contributed by atoms with E-state index in [1.165, 1.54) is 4.90 Å². The zero-order chi connectivity index (χ0) is 11.7. The van der Waals surface area contributed by atoms with Crippen LogP contribution in [-0.2, 0) is 7.05 Å². The molecule has 1 atom stereocenters. The maximum Gasteiger partial charge on any atom is 0.346 e. The first kappa shape index (κ1) is 10.2. The van der Waals surface area contributed by atoms with Crippen molar-refractivity contribution in [2.24, 2.45) is 17.8 Å². The molecule has 2 N–H and O–H groups in total. The van der Waals surface area contributed by atoms with Gasteiger partial charge in [-0.3, -0.25) is 9.58 Å². The van der Waals surface area contributed by atoms with Crippen molar-refractivity contribution < 1.29 is 4.79 Å². The minimum absolute atomic E-state index is 0.183. The van der Waals surface area contributed by atoms with Gasteiger partial charge in [0.25, 0.3) is 0 Å². The quantitative estimate of drug-likeness (QED) is 0.702. The van der Waals surface area contributed by atoms with E-state index < -0.39 is 12.1 Å². The largest absolute Gasteiger partial charge is 0.385 e. The highest BCUT2D eigenvalue weighted by Crippen LogP contribution is 2.25. The van der Waals surface area contributed by atoms with E-state index >= 15 is 0 Å². The monoisotopic (exact) mass is 217 g/mol. The number of aliphatic imine (C=N–C) groups is 1. The van der Waals surface area contributed by atoms with Gasteiger partial charge in [0.05, 0.1) is 12.7 Å². The summed E-state index contributed by atoms with van der Waals surface area (Å²) in [6.45, 7) is 0.183. The first-order valence-corrected chi connectivity index (χ1v) is 4.70. The van der Waals surface area contributed by atoms with Crippen molar-refractivity contribution in [1.82, 2.24) is 14.7 Å². The van der Waals surface area contributed by atoms with Gasteiger partial charge in [0.2, 0.25) is 0 Å². The number of nitrogens with zero attached hydrogens (tertiary/aromatic N) is 4. The Morgan fingerprint density at radius 1 is 1.69 bits per heavy atom. The fraction of sp³-hybridized carbons (Fsp3) is 0.300. The van der Waals surface area contributed by atoms with Gasteiger partial charge >= 0.3 is 6.03 Å². The number of amidine groups is 1. The van der Waals surface area contributed by atoms with Crippen LogP contribution in [0.25, 0.3) is 0 Å². The molecule has 16 heavy (non-hydrogen) atoms. The van der Waals surface area contributed by atoms with E-state index in [-0.39, 0.29) is 12.4 Å². The van der Waals surface area contributed by atoms with Gasteiger partial charge in [-0.1, -0.05) is 5.92 Å². The second-order valence-electron chi connectivity index (χ2n) is 3.50. The first-order valence-electron chi connectivity index (χ1n) is 4.70. The van der Waals surface area contributed by atoms with Gasteiger partial charge in [0.15, 0.2) is 0 Å². The number of hydrogen-bond acceptors (Lipinski definition) is 3. The second-order valence-corrected chi connectivity index (χ2v) is 3.50. The summed E-state index contributed by atoms with van der Waals surface area (Å²) in [5, 5.41) is 4.03. The highest BCUT2D eigenvalue weighted by Gasteiger charge is 2.34. The molecule has 6 nitrogen and oxygen atoms in total. The number of carbonyl (C=O) groups excluding carboxylic acids is 1. The molecular formula is C10H11N5O. The molecule has 1 aliphatic rings. The second kappa shape index (κ2) is 3.70. The minimum Gasteiger partial charge on any atom is -0.385 e. The summed E-state index contributed by atoms with van der Waals surface area (Å²) < 4.78 is 1.64. The molecule has 0 aromatic carbocycles. The molecule has 1 aliphatic heterocycles. The zero-order valence-corrected chi connectivity index (χ0v) is 8.79. The van der Waals surface area contributed by atoms with E-state index in [1.54, 1.807) is 24.1 Å². The van der Waals surface area contributed by atoms with E-state index in [2.05, 4.69) is 16.0 Å². The van der Waals surface area contributed by atoms with E-state index in [1.807, 2.05) is 0 Å². The lowest BCUT2D eigenvalue weighted by Gasteiger charge is -2.20. The Labute approximate surface area is 92.7 Å². The summed E-state index contributed by atoms with van der Waals surface area (Å²) in [4.78, 5) is 16.6. The molecule has 0 spiro atoms. The summed E-state index contributed by atoms with van der Waals surface area (Å²) in [6.07, 6.45) is 8.64. The standard InChI is InChI=1S/C10H11N5O/c1-3-4-15-8(9(11)13-10(15)16)7-5-12-14(2)6-7/h1,5-6,8H,4H2,2H3,(H2,11,13,16). The van der Waals surface area contributed by atoms with Crippen LogP contribution in [0.4, 0.5) is 4.79 Å². The van der Waals surface area contributed by atoms with Crippen LogP contribution in [0.2, 0.25) is 0 Å². The predicted molar refractivity (Wildman–Crippen MR) is 58.5 cm³/mol. The number of rotatable bonds is 2. The van der Waals surface area contributed by atoms with Gasteiger partial charge in [-0.15, -0.1) is 6.42 Å². The van der Waals surface area contributed by atoms with Crippen LogP contribution in [0.5, 0.6) is 0 Å². The van der Waals surface area contributed by atoms with Crippen molar-refractivity contribution in [2.75, 3.05) is 6.54 Å². The van der Waals surface area contributed by atoms with Crippen molar-refractivity contribution in [3.63, 3.8) is 0 Å². The van der Waals surface area contributed by atoms with Gasteiger partial charge in [-0.2, -0.15) is 10.1 Å². The van der Waals surface area contributed by atoms with Crippen molar-refractivity contribution >= 4 is 11.9 Å². The summed E-state index contributed by atoms with van der Waals surface area (Å²) in [5.41, 5.74) is 6.52. The molecule has 82 valence electrons. The van der Waals surface area contributed by atoms with Crippen LogP contribution in [0.1, 0.15) is 11.6 Å². The number of hydrogen-bond donors (Lipinski definition) is 1. The van der Waals surface area contributed by atoms with Crippen molar-refractivity contribution in [1.29, 1.82) is 0 Å². The summed E-state index contributed by atoms with van der Waals surface area (Å²) >= 11 is 0. The summed E-state index contributed by atoms with van der Waals surface area (Å²) in [5.74, 6) is 2.67. The number of aryl methyl sites for hydroxylation is 1. The fourth-order valence-corrected chi connectivity index (χ4v) is 1.70. The third kappa shape index (κ3) is 1.52. The molecular weight excluding hydrogens is 206 g/mol. The minimum atomic E-state index is -0.399. The maximum atomic E-state index is 11.5. The van der Waals surface area contributed by atoms with Crippen molar-refractivity contribution in [3.05, 3.63) is 18.0 Å². The van der Waals surface area contributed by atoms with Crippen molar-refractivity contribution in [3.8, 4) is 12.3 Å². The molecule has 6 heteroatoms. The van der Waals surface area contributed by atoms with E-state index in [0.717, 1.165) is 5.56 Å². The Morgan fingerprint density at radius 2 is 2.44 bits per heavy atom. The number of nitrogens with two attached hydrogens (primary N) is 1. The predicted octanol–water partition coefficient (Wildman–Crippen LogP) is -0.113. The lowest BCUT2D eigenvalue weighted by atomic mass is 10.1. The molecule has 0 saturated carbocycles. The number of amides is 2. The van der Waals surface area contributed by atoms with Crippen LogP contribution in [-0.4, -0.2) is 33.1 Å². The Morgan fingerprint density at radius 3 is 3.00 bits per heavy atom. The fourth-order valence-electron chi connectivity index (χ4n) is 1.70. The third-order valence-electron chi connectivity index (χ3n) is 2.36. The Bertz CT molecular complexity index is 496. The molecule has 0 fully saturated rings. The van der Waals surface area contributed by atoms with Crippen LogP contribution in [0, 0.1) is 12.3 Å². The normalized spacial score (nSPS) is 19.8. The molecule has 0 aliphatic carbocycles. The first-order chi connectivity index (χ1) is 7.63. The SMILES string of the molecule is C#CCN1C(=O)N=C(N)C1c1cnn(C)c1. The van der Waals surface area contributed by atoms with Gasteiger partial charge < -0.3 is 5.73 Å². The van der Waals surface area contributed by atoms with Crippen LogP contribution in [0.15, 0.2) is 17.4 Å². The molecule has 2 heterocycles. The number of urea groups is 1. The summed E-state index contributed by atoms with van der Waals surface area (Å²) in [7, 11) is 1.79.